The van der Waals surface area contributed by atoms with Gasteiger partial charge in [-0.15, -0.1) is 0 Å². The Hall–Kier alpha value is -2.77. The molecule has 2 N–H and O–H groups in total. The molecule has 22 heavy (non-hydrogen) atoms. The Labute approximate surface area is 121 Å². The Balaban J connectivity index is 2.12. The molecule has 0 aromatic heterocycles. The van der Waals surface area contributed by atoms with E-state index < -0.39 is 40.8 Å². The molecule has 0 unspecified atom stereocenters. The van der Waals surface area contributed by atoms with Crippen molar-refractivity contribution in [1.29, 1.82) is 0 Å². The van der Waals surface area contributed by atoms with Gasteiger partial charge in [-0.05, 0) is 5.56 Å². The highest BCUT2D eigenvalue weighted by molar-refractivity contribution is 5.85. The van der Waals surface area contributed by atoms with Crippen LogP contribution in [0.1, 0.15) is 5.56 Å². The first-order valence-corrected chi connectivity index (χ1v) is 5.94. The van der Waals surface area contributed by atoms with Crippen molar-refractivity contribution in [3.63, 3.8) is 0 Å². The summed E-state index contributed by atoms with van der Waals surface area (Å²) in [6, 6.07) is 8.36. The zero-order chi connectivity index (χ0) is 16.3. The average Bonchev–Trinajstić information content (AvgIpc) is 2.54. The summed E-state index contributed by atoms with van der Waals surface area (Å²) in [5.74, 6) is -9.71. The minimum absolute atomic E-state index is 0.209. The van der Waals surface area contributed by atoms with Gasteiger partial charge in [0.05, 0.1) is 0 Å². The maximum atomic E-state index is 13.4. The van der Waals surface area contributed by atoms with Crippen molar-refractivity contribution in [2.45, 2.75) is 6.61 Å². The van der Waals surface area contributed by atoms with E-state index >= 15 is 0 Å². The molecule has 0 heterocycles. The zero-order valence-corrected chi connectivity index (χ0v) is 10.9. The molecular formula is C14H9F4NO3. The maximum Gasteiger partial charge on any atom is 0.412 e. The lowest BCUT2D eigenvalue weighted by molar-refractivity contribution is 0.154. The number of phenolic OH excluding ortho intramolecular Hbond substituents is 1. The number of carbonyl (C=O) groups is 1. The fourth-order valence-corrected chi connectivity index (χ4v) is 1.59. The number of hydrogen-bond donors (Lipinski definition) is 2. The van der Waals surface area contributed by atoms with E-state index in [1.165, 1.54) is 0 Å². The molecule has 0 aliphatic heterocycles. The molecule has 116 valence electrons. The summed E-state index contributed by atoms with van der Waals surface area (Å²) in [5, 5.41) is 10.4. The Kier molecular flexibility index (Phi) is 4.50. The number of hydrogen-bond acceptors (Lipinski definition) is 3. The van der Waals surface area contributed by atoms with E-state index in [2.05, 4.69) is 4.74 Å². The van der Waals surface area contributed by atoms with Crippen molar-refractivity contribution in [2.24, 2.45) is 0 Å². The van der Waals surface area contributed by atoms with Crippen LogP contribution in [0, 0.1) is 23.3 Å². The van der Waals surface area contributed by atoms with Crippen LogP contribution in [0.15, 0.2) is 30.3 Å². The van der Waals surface area contributed by atoms with E-state index in [0.717, 1.165) is 0 Å². The lowest BCUT2D eigenvalue weighted by Gasteiger charge is -2.10. The number of aromatic hydroxyl groups is 1. The second kappa shape index (κ2) is 6.33. The van der Waals surface area contributed by atoms with Crippen LogP contribution < -0.4 is 5.32 Å². The molecule has 2 aromatic rings. The number of rotatable bonds is 3. The molecule has 0 saturated carbocycles. The molecule has 0 aliphatic rings. The second-order valence-electron chi connectivity index (χ2n) is 4.17. The van der Waals surface area contributed by atoms with Gasteiger partial charge in [0, 0.05) is 0 Å². The molecule has 0 spiro atoms. The first kappa shape index (κ1) is 15.6. The molecule has 0 bridgehead atoms. The summed E-state index contributed by atoms with van der Waals surface area (Å²) in [5.41, 5.74) is -0.785. The van der Waals surface area contributed by atoms with Crippen LogP contribution in [-0.4, -0.2) is 11.2 Å². The molecule has 0 aliphatic carbocycles. The standard InChI is InChI=1S/C14H9F4NO3/c15-8-10(17)13(20)11(18)9(16)12(8)19-14(21)22-6-7-4-2-1-3-5-7/h1-5,20H,6H2,(H,19,21). The number of carbonyl (C=O) groups excluding carboxylic acids is 1. The fourth-order valence-electron chi connectivity index (χ4n) is 1.59. The Bertz CT molecular complexity index is 678. The number of amides is 1. The number of halogens is 4. The smallest absolute Gasteiger partial charge is 0.412 e. The van der Waals surface area contributed by atoms with Crippen molar-refractivity contribution in [3.8, 4) is 5.75 Å². The molecule has 4 nitrogen and oxygen atoms in total. The van der Waals surface area contributed by atoms with Crippen molar-refractivity contribution in [3.05, 3.63) is 59.2 Å². The Morgan fingerprint density at radius 2 is 1.55 bits per heavy atom. The lowest BCUT2D eigenvalue weighted by atomic mass is 10.2. The second-order valence-corrected chi connectivity index (χ2v) is 4.17. The lowest BCUT2D eigenvalue weighted by Crippen LogP contribution is -2.17. The predicted molar refractivity (Wildman–Crippen MR) is 68.2 cm³/mol. The average molecular weight is 315 g/mol. The zero-order valence-electron chi connectivity index (χ0n) is 10.9. The number of ether oxygens (including phenoxy) is 1. The first-order chi connectivity index (χ1) is 10.4. The third-order valence-electron chi connectivity index (χ3n) is 2.68. The molecular weight excluding hydrogens is 306 g/mol. The highest BCUT2D eigenvalue weighted by Crippen LogP contribution is 2.32. The molecule has 2 rings (SSSR count). The summed E-state index contributed by atoms with van der Waals surface area (Å²) in [7, 11) is 0. The van der Waals surface area contributed by atoms with Gasteiger partial charge in [-0.2, -0.15) is 8.78 Å². The van der Waals surface area contributed by atoms with Crippen molar-refractivity contribution in [2.75, 3.05) is 5.32 Å². The first-order valence-electron chi connectivity index (χ1n) is 5.94. The van der Waals surface area contributed by atoms with Crippen LogP contribution in [0.2, 0.25) is 0 Å². The molecule has 0 radical (unpaired) electrons. The largest absolute Gasteiger partial charge is 0.503 e. The molecule has 8 heteroatoms. The van der Waals surface area contributed by atoms with Crippen LogP contribution in [0.5, 0.6) is 5.75 Å². The van der Waals surface area contributed by atoms with E-state index in [9.17, 15) is 22.4 Å². The Morgan fingerprint density at radius 3 is 2.09 bits per heavy atom. The summed E-state index contributed by atoms with van der Waals surface area (Å²) in [6.45, 7) is -0.209. The third kappa shape index (κ3) is 3.11. The predicted octanol–water partition coefficient (Wildman–Crippen LogP) is 3.70. The maximum absolute atomic E-state index is 13.4. The van der Waals surface area contributed by atoms with Crippen molar-refractivity contribution in [1.82, 2.24) is 0 Å². The minimum Gasteiger partial charge on any atom is -0.503 e. The van der Waals surface area contributed by atoms with E-state index in [-0.39, 0.29) is 6.61 Å². The summed E-state index contributed by atoms with van der Waals surface area (Å²) in [6.07, 6.45) is -1.31. The van der Waals surface area contributed by atoms with Crippen LogP contribution in [0.4, 0.5) is 28.0 Å². The van der Waals surface area contributed by atoms with Crippen LogP contribution in [0.25, 0.3) is 0 Å². The number of benzene rings is 2. The van der Waals surface area contributed by atoms with Gasteiger partial charge in [-0.3, -0.25) is 5.32 Å². The van der Waals surface area contributed by atoms with Gasteiger partial charge in [-0.1, -0.05) is 30.3 Å². The van der Waals surface area contributed by atoms with Crippen LogP contribution in [0.3, 0.4) is 0 Å². The number of anilines is 1. The van der Waals surface area contributed by atoms with Gasteiger partial charge < -0.3 is 9.84 Å². The highest BCUT2D eigenvalue weighted by atomic mass is 19.2. The monoisotopic (exact) mass is 315 g/mol. The topological polar surface area (TPSA) is 58.6 Å². The normalized spacial score (nSPS) is 10.4. The van der Waals surface area contributed by atoms with Gasteiger partial charge in [0.2, 0.25) is 11.6 Å². The minimum atomic E-state index is -2.02. The SMILES string of the molecule is O=C(Nc1c(F)c(F)c(O)c(F)c1F)OCc1ccccc1. The Morgan fingerprint density at radius 1 is 1.00 bits per heavy atom. The van der Waals surface area contributed by atoms with Crippen LogP contribution >= 0.6 is 0 Å². The van der Waals surface area contributed by atoms with Gasteiger partial charge in [-0.25, -0.2) is 13.6 Å². The number of nitrogens with one attached hydrogen (secondary N) is 1. The fraction of sp³-hybridized carbons (Fsp3) is 0.0714. The summed E-state index contributed by atoms with van der Waals surface area (Å²) >= 11 is 0. The third-order valence-corrected chi connectivity index (χ3v) is 2.68. The highest BCUT2D eigenvalue weighted by Gasteiger charge is 2.26. The molecule has 2 aromatic carbocycles. The summed E-state index contributed by atoms with van der Waals surface area (Å²) < 4.78 is 57.7. The quantitative estimate of drug-likeness (QED) is 0.516. The van der Waals surface area contributed by atoms with Gasteiger partial charge in [0.1, 0.15) is 12.3 Å². The van der Waals surface area contributed by atoms with E-state index in [1.807, 2.05) is 0 Å². The molecule has 0 saturated heterocycles. The number of phenols is 1. The van der Waals surface area contributed by atoms with E-state index in [1.54, 1.807) is 35.6 Å². The van der Waals surface area contributed by atoms with Crippen molar-refractivity contribution < 1.29 is 32.2 Å². The molecule has 0 fully saturated rings. The van der Waals surface area contributed by atoms with Gasteiger partial charge in [0.25, 0.3) is 0 Å². The van der Waals surface area contributed by atoms with Gasteiger partial charge >= 0.3 is 6.09 Å². The van der Waals surface area contributed by atoms with E-state index in [4.69, 9.17) is 5.11 Å². The summed E-state index contributed by atoms with van der Waals surface area (Å²) in [4.78, 5) is 11.4. The van der Waals surface area contributed by atoms with E-state index in [0.29, 0.717) is 5.56 Å². The van der Waals surface area contributed by atoms with Gasteiger partial charge in [0.15, 0.2) is 17.4 Å². The molecule has 1 amide bonds. The van der Waals surface area contributed by atoms with Crippen molar-refractivity contribution >= 4 is 11.8 Å². The molecule has 0 atom stereocenters. The van der Waals surface area contributed by atoms with Crippen LogP contribution in [-0.2, 0) is 11.3 Å².